The Hall–Kier alpha value is -3.00. The van der Waals surface area contributed by atoms with Crippen molar-refractivity contribution in [3.63, 3.8) is 0 Å². The third kappa shape index (κ3) is 4.51. The predicted octanol–water partition coefficient (Wildman–Crippen LogP) is 1.36. The Bertz CT molecular complexity index is 847. The third-order valence-electron chi connectivity index (χ3n) is 3.31. The first kappa shape index (κ1) is 18.3. The van der Waals surface area contributed by atoms with Gasteiger partial charge in [0.05, 0.1) is 0 Å². The van der Waals surface area contributed by atoms with E-state index in [4.69, 9.17) is 16.3 Å². The van der Waals surface area contributed by atoms with E-state index in [1.807, 2.05) is 0 Å². The molecular weight excluding hydrogens is 352 g/mol. The van der Waals surface area contributed by atoms with Gasteiger partial charge in [-0.15, -0.1) is 0 Å². The van der Waals surface area contributed by atoms with Gasteiger partial charge in [0.1, 0.15) is 10.8 Å². The molecule has 132 valence electrons. The summed E-state index contributed by atoms with van der Waals surface area (Å²) in [5, 5.41) is 20.7. The van der Waals surface area contributed by atoms with Crippen LogP contribution in [-0.2, 0) is 9.59 Å². The lowest BCUT2D eigenvalue weighted by molar-refractivity contribution is -0.142. The number of aromatic hydroxyl groups is 1. The lowest BCUT2D eigenvalue weighted by atomic mass is 10.1. The van der Waals surface area contributed by atoms with Crippen molar-refractivity contribution < 1.29 is 24.5 Å². The molecule has 0 radical (unpaired) electrons. The Balaban J connectivity index is 2.05. The van der Waals surface area contributed by atoms with E-state index in [9.17, 15) is 24.6 Å². The number of ether oxygens (including phenoxy) is 1. The Morgan fingerprint density at radius 1 is 1.32 bits per heavy atom. The number of amides is 1. The second-order valence-corrected chi connectivity index (χ2v) is 5.52. The number of aromatic nitrogens is 1. The normalized spacial score (nSPS) is 11.6. The van der Waals surface area contributed by atoms with Gasteiger partial charge in [-0.1, -0.05) is 23.7 Å². The molecule has 0 saturated carbocycles. The van der Waals surface area contributed by atoms with Crippen molar-refractivity contribution >= 4 is 23.5 Å². The van der Waals surface area contributed by atoms with Crippen LogP contribution in [0.4, 0.5) is 0 Å². The van der Waals surface area contributed by atoms with Crippen LogP contribution >= 0.6 is 11.6 Å². The maximum absolute atomic E-state index is 11.9. The molecule has 8 nitrogen and oxygen atoms in total. The van der Waals surface area contributed by atoms with Crippen molar-refractivity contribution in [2.45, 2.75) is 13.0 Å². The molecule has 0 aliphatic carbocycles. The highest BCUT2D eigenvalue weighted by molar-refractivity contribution is 6.31. The number of rotatable bonds is 6. The summed E-state index contributed by atoms with van der Waals surface area (Å²) in [7, 11) is 0. The van der Waals surface area contributed by atoms with Crippen LogP contribution in [0.3, 0.4) is 0 Å². The molecule has 1 atom stereocenters. The molecule has 1 aromatic heterocycles. The summed E-state index contributed by atoms with van der Waals surface area (Å²) in [6, 6.07) is 4.04. The highest BCUT2D eigenvalue weighted by Gasteiger charge is 2.22. The second-order valence-electron chi connectivity index (χ2n) is 5.14. The molecule has 0 fully saturated rings. The Kier molecular flexibility index (Phi) is 5.66. The van der Waals surface area contributed by atoms with Crippen LogP contribution in [-0.4, -0.2) is 33.7 Å². The molecule has 25 heavy (non-hydrogen) atoms. The third-order valence-corrected chi connectivity index (χ3v) is 3.76. The Labute approximate surface area is 147 Å². The predicted molar refractivity (Wildman–Crippen MR) is 88.9 cm³/mol. The highest BCUT2D eigenvalue weighted by Crippen LogP contribution is 2.17. The van der Waals surface area contributed by atoms with Gasteiger partial charge in [0.15, 0.2) is 18.4 Å². The fourth-order valence-electron chi connectivity index (χ4n) is 1.99. The maximum atomic E-state index is 11.9. The molecule has 0 aliphatic heterocycles. The number of hydrogen-bond donors (Lipinski definition) is 4. The number of halogens is 1. The van der Waals surface area contributed by atoms with E-state index in [2.05, 4.69) is 10.3 Å². The minimum absolute atomic E-state index is 0.0296. The number of carboxylic acids is 1. The first-order valence-corrected chi connectivity index (χ1v) is 7.49. The number of phenolic OH excluding ortho intramolecular Hbond substituents is 1. The molecule has 0 spiro atoms. The number of hydrogen-bond acceptors (Lipinski definition) is 5. The van der Waals surface area contributed by atoms with Gasteiger partial charge in [-0.05, 0) is 24.6 Å². The molecule has 0 aliphatic rings. The van der Waals surface area contributed by atoms with Crippen molar-refractivity contribution in [3.8, 4) is 11.5 Å². The molecule has 1 heterocycles. The highest BCUT2D eigenvalue weighted by atomic mass is 35.5. The summed E-state index contributed by atoms with van der Waals surface area (Å²) in [5.41, 5.74) is 0.163. The number of carbonyl (C=O) groups excluding carboxylic acids is 1. The number of aromatic amines is 1. The molecule has 0 bridgehead atoms. The van der Waals surface area contributed by atoms with Crippen LogP contribution in [0, 0.1) is 6.92 Å². The summed E-state index contributed by atoms with van der Waals surface area (Å²) >= 11 is 5.79. The van der Waals surface area contributed by atoms with Crippen molar-refractivity contribution in [2.75, 3.05) is 6.61 Å². The molecule has 1 amide bonds. The van der Waals surface area contributed by atoms with E-state index < -0.39 is 30.0 Å². The van der Waals surface area contributed by atoms with E-state index >= 15 is 0 Å². The van der Waals surface area contributed by atoms with Gasteiger partial charge >= 0.3 is 5.97 Å². The first-order chi connectivity index (χ1) is 11.8. The topological polar surface area (TPSA) is 129 Å². The SMILES string of the molecule is Cc1[nH]cc(OCC(=O)N[C@@H](C(=O)O)c2ccc(O)cc2)c(=O)c1Cl. The molecule has 0 unspecified atom stereocenters. The van der Waals surface area contributed by atoms with E-state index in [1.165, 1.54) is 30.5 Å². The summed E-state index contributed by atoms with van der Waals surface area (Å²) in [4.78, 5) is 37.9. The summed E-state index contributed by atoms with van der Waals surface area (Å²) < 4.78 is 5.10. The van der Waals surface area contributed by atoms with Crippen LogP contribution < -0.4 is 15.5 Å². The van der Waals surface area contributed by atoms with Gasteiger partial charge in [-0.25, -0.2) is 4.79 Å². The fourth-order valence-corrected chi connectivity index (χ4v) is 2.14. The number of phenols is 1. The van der Waals surface area contributed by atoms with Gasteiger partial charge in [0.2, 0.25) is 5.43 Å². The molecule has 9 heteroatoms. The van der Waals surface area contributed by atoms with Crippen molar-refractivity contribution in [3.05, 3.63) is 57.0 Å². The second kappa shape index (κ2) is 7.71. The fraction of sp³-hybridized carbons (Fsp3) is 0.188. The average molecular weight is 367 g/mol. The van der Waals surface area contributed by atoms with Gasteiger partial charge in [0.25, 0.3) is 5.91 Å². The number of pyridine rings is 1. The van der Waals surface area contributed by atoms with Gasteiger partial charge in [0, 0.05) is 11.9 Å². The molecule has 0 saturated heterocycles. The van der Waals surface area contributed by atoms with Gasteiger partial charge in [-0.3, -0.25) is 9.59 Å². The zero-order chi connectivity index (χ0) is 18.6. The van der Waals surface area contributed by atoms with Crippen molar-refractivity contribution in [1.29, 1.82) is 0 Å². The van der Waals surface area contributed by atoms with E-state index in [0.717, 1.165) is 0 Å². The minimum atomic E-state index is -1.32. The number of carboxylic acid groups (broad SMARTS) is 1. The summed E-state index contributed by atoms with van der Waals surface area (Å²) in [6.45, 7) is 1.04. The number of nitrogens with one attached hydrogen (secondary N) is 2. The number of benzene rings is 1. The molecular formula is C16H15ClN2O6. The number of aliphatic carboxylic acids is 1. The van der Waals surface area contributed by atoms with E-state index in [-0.39, 0.29) is 22.1 Å². The zero-order valence-electron chi connectivity index (χ0n) is 13.1. The average Bonchev–Trinajstić information content (AvgIpc) is 2.57. The Morgan fingerprint density at radius 2 is 1.96 bits per heavy atom. The number of carbonyl (C=O) groups is 2. The smallest absolute Gasteiger partial charge is 0.330 e. The zero-order valence-corrected chi connectivity index (χ0v) is 13.8. The first-order valence-electron chi connectivity index (χ1n) is 7.11. The van der Waals surface area contributed by atoms with Crippen LogP contribution in [0.1, 0.15) is 17.3 Å². The standard InChI is InChI=1S/C16H15ClN2O6/c1-8-13(17)15(22)11(6-18-8)25-7-12(21)19-14(16(23)24)9-2-4-10(20)5-3-9/h2-6,14,20H,7H2,1H3,(H,18,22)(H,19,21)(H,23,24)/t14-/m1/s1. The van der Waals surface area contributed by atoms with Crippen LogP contribution in [0.2, 0.25) is 5.02 Å². The summed E-state index contributed by atoms with van der Waals surface area (Å²) in [5.74, 6) is -2.20. The summed E-state index contributed by atoms with van der Waals surface area (Å²) in [6.07, 6.45) is 1.27. The van der Waals surface area contributed by atoms with Gasteiger partial charge in [-0.2, -0.15) is 0 Å². The van der Waals surface area contributed by atoms with E-state index in [0.29, 0.717) is 5.69 Å². The molecule has 1 aromatic carbocycles. The van der Waals surface area contributed by atoms with Crippen LogP contribution in [0.25, 0.3) is 0 Å². The lowest BCUT2D eigenvalue weighted by Gasteiger charge is -2.15. The minimum Gasteiger partial charge on any atom is -0.508 e. The van der Waals surface area contributed by atoms with Crippen LogP contribution in [0.5, 0.6) is 11.5 Å². The number of H-pyrrole nitrogens is 1. The van der Waals surface area contributed by atoms with Crippen molar-refractivity contribution in [1.82, 2.24) is 10.3 Å². The van der Waals surface area contributed by atoms with E-state index in [1.54, 1.807) is 6.92 Å². The molecule has 2 aromatic rings. The van der Waals surface area contributed by atoms with Crippen molar-refractivity contribution in [2.24, 2.45) is 0 Å². The largest absolute Gasteiger partial charge is 0.508 e. The van der Waals surface area contributed by atoms with Gasteiger partial charge < -0.3 is 25.3 Å². The molecule has 4 N–H and O–H groups in total. The maximum Gasteiger partial charge on any atom is 0.330 e. The quantitative estimate of drug-likeness (QED) is 0.611. The Morgan fingerprint density at radius 3 is 2.56 bits per heavy atom. The molecule has 2 rings (SSSR count). The van der Waals surface area contributed by atoms with Crippen LogP contribution in [0.15, 0.2) is 35.3 Å². The number of aryl methyl sites for hydroxylation is 1. The lowest BCUT2D eigenvalue weighted by Crippen LogP contribution is -2.37. The monoisotopic (exact) mass is 366 g/mol.